The lowest BCUT2D eigenvalue weighted by molar-refractivity contribution is -0.186. The molecule has 1 aromatic rings. The Morgan fingerprint density at radius 3 is 2.55 bits per heavy atom. The molecule has 20 heavy (non-hydrogen) atoms. The van der Waals surface area contributed by atoms with E-state index in [4.69, 9.17) is 5.11 Å². The van der Waals surface area contributed by atoms with E-state index in [9.17, 15) is 22.8 Å². The number of amides is 1. The number of carbonyl (C=O) groups excluding carboxylic acids is 1. The number of carboxylic acid groups (broad SMARTS) is 1. The van der Waals surface area contributed by atoms with Crippen molar-refractivity contribution in [2.24, 2.45) is 0 Å². The fourth-order valence-electron chi connectivity index (χ4n) is 2.24. The highest BCUT2D eigenvalue weighted by Gasteiger charge is 2.43. The van der Waals surface area contributed by atoms with Gasteiger partial charge in [0.15, 0.2) is 0 Å². The van der Waals surface area contributed by atoms with E-state index in [1.54, 1.807) is 18.2 Å². The molecule has 0 unspecified atom stereocenters. The molecule has 0 bridgehead atoms. The lowest BCUT2D eigenvalue weighted by Gasteiger charge is -2.29. The van der Waals surface area contributed by atoms with Crippen molar-refractivity contribution in [3.05, 3.63) is 34.9 Å². The molecule has 0 fully saturated rings. The Hall–Kier alpha value is -2.05. The van der Waals surface area contributed by atoms with Crippen LogP contribution in [0.1, 0.15) is 16.7 Å². The van der Waals surface area contributed by atoms with Crippen molar-refractivity contribution in [1.29, 1.82) is 0 Å². The van der Waals surface area contributed by atoms with Crippen molar-refractivity contribution >= 4 is 11.9 Å². The highest BCUT2D eigenvalue weighted by Crippen LogP contribution is 2.25. The Balaban J connectivity index is 2.16. The zero-order chi connectivity index (χ0) is 14.9. The van der Waals surface area contributed by atoms with Crippen LogP contribution in [0.5, 0.6) is 0 Å². The molecule has 0 aromatic heterocycles. The number of halogens is 3. The van der Waals surface area contributed by atoms with E-state index in [1.807, 2.05) is 0 Å². The minimum Gasteiger partial charge on any atom is -0.481 e. The second-order valence-corrected chi connectivity index (χ2v) is 4.65. The van der Waals surface area contributed by atoms with Gasteiger partial charge in [0.2, 0.25) is 0 Å². The molecule has 0 aliphatic carbocycles. The Morgan fingerprint density at radius 2 is 1.95 bits per heavy atom. The molecule has 108 valence electrons. The minimum absolute atomic E-state index is 0.0120. The number of fused-ring (bicyclic) bond motifs is 1. The maximum atomic E-state index is 12.4. The van der Waals surface area contributed by atoms with E-state index in [1.165, 1.54) is 0 Å². The lowest BCUT2D eigenvalue weighted by atomic mass is 9.96. The van der Waals surface area contributed by atoms with Crippen LogP contribution >= 0.6 is 0 Å². The molecule has 1 aliphatic heterocycles. The molecular formula is C13H12F3NO3. The third-order valence-electron chi connectivity index (χ3n) is 3.17. The van der Waals surface area contributed by atoms with Crippen LogP contribution in [0.25, 0.3) is 0 Å². The fraction of sp³-hybridized carbons (Fsp3) is 0.385. The molecule has 1 heterocycles. The van der Waals surface area contributed by atoms with Crippen LogP contribution in [0.3, 0.4) is 0 Å². The van der Waals surface area contributed by atoms with Crippen LogP contribution in [-0.2, 0) is 29.0 Å². The quantitative estimate of drug-likeness (QED) is 0.901. The molecule has 0 atom stereocenters. The number of carboxylic acids is 1. The number of alkyl halides is 3. The largest absolute Gasteiger partial charge is 0.481 e. The van der Waals surface area contributed by atoms with Gasteiger partial charge in [-0.3, -0.25) is 9.59 Å². The summed E-state index contributed by atoms with van der Waals surface area (Å²) in [7, 11) is 0. The summed E-state index contributed by atoms with van der Waals surface area (Å²) < 4.78 is 37.1. The maximum absolute atomic E-state index is 12.4. The monoisotopic (exact) mass is 287 g/mol. The second kappa shape index (κ2) is 5.15. The van der Waals surface area contributed by atoms with E-state index in [0.717, 1.165) is 10.5 Å². The van der Waals surface area contributed by atoms with Gasteiger partial charge in [0.05, 0.1) is 6.42 Å². The number of aliphatic carboxylic acids is 1. The summed E-state index contributed by atoms with van der Waals surface area (Å²) in [6.07, 6.45) is -4.69. The molecule has 4 nitrogen and oxygen atoms in total. The molecule has 0 spiro atoms. The summed E-state index contributed by atoms with van der Waals surface area (Å²) in [6, 6.07) is 4.83. The first-order valence-corrected chi connectivity index (χ1v) is 5.96. The van der Waals surface area contributed by atoms with E-state index in [-0.39, 0.29) is 19.5 Å². The summed E-state index contributed by atoms with van der Waals surface area (Å²) in [5.41, 5.74) is 2.03. The maximum Gasteiger partial charge on any atom is 0.471 e. The first-order chi connectivity index (χ1) is 9.27. The van der Waals surface area contributed by atoms with Crippen molar-refractivity contribution in [3.63, 3.8) is 0 Å². The van der Waals surface area contributed by atoms with Gasteiger partial charge in [-0.1, -0.05) is 18.2 Å². The minimum atomic E-state index is -4.86. The smallest absolute Gasteiger partial charge is 0.471 e. The molecule has 0 saturated heterocycles. The van der Waals surface area contributed by atoms with Crippen LogP contribution in [0.4, 0.5) is 13.2 Å². The predicted octanol–water partition coefficient (Wildman–Crippen LogP) is 1.76. The van der Waals surface area contributed by atoms with Gasteiger partial charge < -0.3 is 10.0 Å². The number of rotatable bonds is 2. The summed E-state index contributed by atoms with van der Waals surface area (Å²) in [5.74, 6) is -2.80. The van der Waals surface area contributed by atoms with Crippen molar-refractivity contribution in [2.75, 3.05) is 6.54 Å². The molecule has 2 rings (SSSR count). The first kappa shape index (κ1) is 14.4. The van der Waals surface area contributed by atoms with Crippen molar-refractivity contribution < 1.29 is 27.9 Å². The van der Waals surface area contributed by atoms with E-state index >= 15 is 0 Å². The van der Waals surface area contributed by atoms with E-state index < -0.39 is 18.1 Å². The number of benzene rings is 1. The van der Waals surface area contributed by atoms with Crippen molar-refractivity contribution in [3.8, 4) is 0 Å². The third-order valence-corrected chi connectivity index (χ3v) is 3.17. The van der Waals surface area contributed by atoms with Gasteiger partial charge in [-0.15, -0.1) is 0 Å². The topological polar surface area (TPSA) is 57.6 Å². The van der Waals surface area contributed by atoms with Crippen LogP contribution in [0, 0.1) is 0 Å². The summed E-state index contributed by atoms with van der Waals surface area (Å²) in [5, 5.41) is 8.70. The van der Waals surface area contributed by atoms with Gasteiger partial charge >= 0.3 is 18.1 Å². The summed E-state index contributed by atoms with van der Waals surface area (Å²) in [6.45, 7) is -0.108. The highest BCUT2D eigenvalue weighted by molar-refractivity contribution is 5.82. The molecule has 0 saturated carbocycles. The van der Waals surface area contributed by atoms with Gasteiger partial charge in [0.25, 0.3) is 0 Å². The predicted molar refractivity (Wildman–Crippen MR) is 63.0 cm³/mol. The van der Waals surface area contributed by atoms with Gasteiger partial charge in [0.1, 0.15) is 0 Å². The molecule has 1 amide bonds. The van der Waals surface area contributed by atoms with Crippen molar-refractivity contribution in [2.45, 2.75) is 25.6 Å². The van der Waals surface area contributed by atoms with Gasteiger partial charge in [0, 0.05) is 13.1 Å². The summed E-state index contributed by atoms with van der Waals surface area (Å²) in [4.78, 5) is 22.5. The van der Waals surface area contributed by atoms with E-state index in [2.05, 4.69) is 0 Å². The van der Waals surface area contributed by atoms with Crippen LogP contribution in [0.15, 0.2) is 18.2 Å². The summed E-state index contributed by atoms with van der Waals surface area (Å²) >= 11 is 0. The normalized spacial score (nSPS) is 14.8. The number of hydrogen-bond donors (Lipinski definition) is 1. The first-order valence-electron chi connectivity index (χ1n) is 5.96. The van der Waals surface area contributed by atoms with Gasteiger partial charge in [-0.25, -0.2) is 0 Å². The van der Waals surface area contributed by atoms with Crippen molar-refractivity contribution in [1.82, 2.24) is 4.90 Å². The second-order valence-electron chi connectivity index (χ2n) is 4.65. The number of hydrogen-bond acceptors (Lipinski definition) is 2. The highest BCUT2D eigenvalue weighted by atomic mass is 19.4. The average molecular weight is 287 g/mol. The average Bonchev–Trinajstić information content (AvgIpc) is 2.35. The van der Waals surface area contributed by atoms with Gasteiger partial charge in [-0.2, -0.15) is 13.2 Å². The molecule has 1 aliphatic rings. The molecular weight excluding hydrogens is 275 g/mol. The van der Waals surface area contributed by atoms with E-state index in [0.29, 0.717) is 17.5 Å². The molecule has 1 aromatic carbocycles. The third kappa shape index (κ3) is 3.09. The zero-order valence-electron chi connectivity index (χ0n) is 10.4. The Bertz CT molecular complexity index is 554. The number of nitrogens with zero attached hydrogens (tertiary/aromatic N) is 1. The molecule has 0 radical (unpaired) electrons. The van der Waals surface area contributed by atoms with Crippen LogP contribution in [0.2, 0.25) is 0 Å². The standard InChI is InChI=1S/C13H12F3NO3/c14-13(15,16)12(20)17-4-3-9-5-8(6-11(18)19)1-2-10(9)7-17/h1-2,5H,3-4,6-7H2,(H,18,19). The Labute approximate surface area is 112 Å². The SMILES string of the molecule is O=C(O)Cc1ccc2c(c1)CCN(C(=O)C(F)(F)F)C2. The van der Waals surface area contributed by atoms with Gasteiger partial charge in [-0.05, 0) is 23.1 Å². The Morgan fingerprint density at radius 1 is 1.25 bits per heavy atom. The Kier molecular flexibility index (Phi) is 3.69. The fourth-order valence-corrected chi connectivity index (χ4v) is 2.24. The zero-order valence-corrected chi connectivity index (χ0v) is 10.4. The molecule has 7 heteroatoms. The molecule has 1 N–H and O–H groups in total. The lowest BCUT2D eigenvalue weighted by Crippen LogP contribution is -2.43. The number of carbonyl (C=O) groups is 2. The van der Waals surface area contributed by atoms with Crippen LogP contribution in [-0.4, -0.2) is 34.6 Å². The van der Waals surface area contributed by atoms with Crippen LogP contribution < -0.4 is 0 Å².